The molecule has 1 aromatic rings. The van der Waals surface area contributed by atoms with Crippen molar-refractivity contribution in [3.63, 3.8) is 0 Å². The molecule has 4 fully saturated rings. The molecule has 0 atom stereocenters. The summed E-state index contributed by atoms with van der Waals surface area (Å²) in [5, 5.41) is -5.11. The maximum Gasteiger partial charge on any atom is 0.428 e. The van der Waals surface area contributed by atoms with E-state index in [2.05, 4.69) is 67.8 Å². The molecule has 0 N–H and O–H groups in total. The van der Waals surface area contributed by atoms with E-state index in [0.717, 1.165) is 10.7 Å². The van der Waals surface area contributed by atoms with Crippen LogP contribution in [0.15, 0.2) is 12.1 Å². The molecule has 4 saturated carbocycles. The third kappa shape index (κ3) is 4.53. The van der Waals surface area contributed by atoms with Crippen molar-refractivity contribution in [2.75, 3.05) is 0 Å². The van der Waals surface area contributed by atoms with Crippen molar-refractivity contribution < 1.29 is 40.8 Å². The minimum absolute atomic E-state index is 0.0136. The van der Waals surface area contributed by atoms with E-state index in [1.54, 1.807) is 6.07 Å². The van der Waals surface area contributed by atoms with Crippen LogP contribution in [-0.4, -0.2) is 42.4 Å². The molecule has 176 valence electrons. The normalized spacial score (nSPS) is 31.4. The molecule has 0 aliphatic heterocycles. The van der Waals surface area contributed by atoms with Crippen LogP contribution in [0.5, 0.6) is 0 Å². The van der Waals surface area contributed by atoms with Crippen molar-refractivity contribution in [1.82, 2.24) is 0 Å². The van der Waals surface area contributed by atoms with Gasteiger partial charge in [0.1, 0.15) is 12.2 Å². The Bertz CT molecular complexity index is 1050. The van der Waals surface area contributed by atoms with Gasteiger partial charge in [0.2, 0.25) is 0 Å². The van der Waals surface area contributed by atoms with Crippen molar-refractivity contribution in [1.29, 1.82) is 0 Å². The highest BCUT2D eigenvalue weighted by Crippen LogP contribution is 2.56. The van der Waals surface area contributed by atoms with Crippen LogP contribution in [0.4, 0.5) is 8.78 Å². The van der Waals surface area contributed by atoms with Crippen LogP contribution >= 0.6 is 67.8 Å². The number of rotatable bonds is 5. The van der Waals surface area contributed by atoms with Gasteiger partial charge in [0.05, 0.1) is 5.56 Å². The van der Waals surface area contributed by atoms with E-state index in [4.69, 9.17) is 9.47 Å². The number of hydrogen-bond acceptors (Lipinski definition) is 7. The summed E-state index contributed by atoms with van der Waals surface area (Å²) in [7, 11) is -6.15. The second-order valence-corrected chi connectivity index (χ2v) is 13.4. The molecule has 7 nitrogen and oxygen atoms in total. The second-order valence-electron chi connectivity index (χ2n) is 8.44. The Morgan fingerprint density at radius 2 is 1.41 bits per heavy atom. The average molecular weight is 807 g/mol. The number of alkyl halides is 2. The summed E-state index contributed by atoms with van der Waals surface area (Å²) in [6, 6.07) is 3.74. The topological polar surface area (TPSA) is 110 Å². The highest BCUT2D eigenvalue weighted by Gasteiger charge is 2.58. The van der Waals surface area contributed by atoms with Crippen LogP contribution in [0.1, 0.15) is 36.0 Å². The lowest BCUT2D eigenvalue weighted by atomic mass is 9.53. The van der Waals surface area contributed by atoms with E-state index in [1.165, 1.54) is 0 Å². The molecule has 32 heavy (non-hydrogen) atoms. The van der Waals surface area contributed by atoms with Crippen molar-refractivity contribution in [3.05, 3.63) is 28.4 Å². The van der Waals surface area contributed by atoms with Gasteiger partial charge in [0, 0.05) is 10.7 Å². The Morgan fingerprint density at radius 1 is 0.938 bits per heavy atom. The van der Waals surface area contributed by atoms with E-state index < -0.39 is 33.4 Å². The highest BCUT2D eigenvalue weighted by atomic mass is 127. The molecule has 1 aromatic carbocycles. The monoisotopic (exact) mass is 807 g/mol. The maximum atomic E-state index is 13.6. The molecule has 0 radical (unpaired) electrons. The zero-order chi connectivity index (χ0) is 23.6. The number of hydrogen-bond donors (Lipinski definition) is 0. The first-order valence-corrected chi connectivity index (χ1v) is 14.3. The van der Waals surface area contributed by atoms with Crippen molar-refractivity contribution in [3.8, 4) is 0 Å². The van der Waals surface area contributed by atoms with Gasteiger partial charge in [-0.15, -0.1) is 0 Å². The predicted octanol–water partition coefficient (Wildman–Crippen LogP) is 4.14. The predicted molar refractivity (Wildman–Crippen MR) is 131 cm³/mol. The second kappa shape index (κ2) is 8.96. The first kappa shape index (κ1) is 25.2. The van der Waals surface area contributed by atoms with E-state index in [9.17, 15) is 31.3 Å². The quantitative estimate of drug-likeness (QED) is 0.191. The third-order valence-corrected chi connectivity index (χ3v) is 11.0. The standard InChI is InChI=1S/C19H17F2I3O7S/c20-19(21,32(27,28)29)18(26)31-16-9-1-7-2-10(16)4-8(3-9)15(7)30-17(25)12-5-11(22)6-13(23)14(12)24/h5-10,15-16H,1-4H2,(H,27,28,29)/p-1. The third-order valence-electron chi connectivity index (χ3n) is 6.53. The number of halogens is 5. The fraction of sp³-hybridized carbons (Fsp3) is 0.579. The van der Waals surface area contributed by atoms with E-state index in [1.807, 2.05) is 6.07 Å². The number of ether oxygens (including phenoxy) is 2. The molecule has 4 aliphatic rings. The Balaban J connectivity index is 1.45. The lowest BCUT2D eigenvalue weighted by Gasteiger charge is -2.56. The molecular formula is C19H16F2I3O7S-. The van der Waals surface area contributed by atoms with E-state index in [0.29, 0.717) is 31.2 Å². The first-order chi connectivity index (χ1) is 14.8. The molecule has 0 saturated heterocycles. The smallest absolute Gasteiger partial charge is 0.428 e. The minimum Gasteiger partial charge on any atom is -0.743 e. The van der Waals surface area contributed by atoms with Crippen LogP contribution in [0.2, 0.25) is 0 Å². The van der Waals surface area contributed by atoms with Gasteiger partial charge in [-0.25, -0.2) is 18.0 Å². The first-order valence-electron chi connectivity index (χ1n) is 9.69. The summed E-state index contributed by atoms with van der Waals surface area (Å²) in [5.41, 5.74) is 0.503. The molecule has 0 unspecified atom stereocenters. The Kier molecular flexibility index (Phi) is 7.06. The molecule has 4 aliphatic carbocycles. The molecule has 5 rings (SSSR count). The summed E-state index contributed by atoms with van der Waals surface area (Å²) in [4.78, 5) is 24.6. The lowest BCUT2D eigenvalue weighted by Crippen LogP contribution is -2.58. The minimum atomic E-state index is -6.15. The fourth-order valence-corrected chi connectivity index (χ4v) is 7.98. The van der Waals surface area contributed by atoms with Crippen molar-refractivity contribution in [2.45, 2.75) is 43.1 Å². The largest absolute Gasteiger partial charge is 0.743 e. The van der Waals surface area contributed by atoms with Crippen LogP contribution in [0, 0.1) is 34.4 Å². The summed E-state index contributed by atoms with van der Waals surface area (Å²) in [6.45, 7) is 0. The number of benzene rings is 1. The SMILES string of the molecule is O=C(OC1C2CC3CC1CC(C2)C3OC(=O)C(F)(F)S(=O)(=O)[O-])c1cc(I)cc(I)c1I. The van der Waals surface area contributed by atoms with Gasteiger partial charge in [-0.05, 0) is 129 Å². The number of carbonyl (C=O) groups is 2. The average Bonchev–Trinajstić information content (AvgIpc) is 2.67. The Hall–Kier alpha value is 0.120. The summed E-state index contributed by atoms with van der Waals surface area (Å²) >= 11 is 6.42. The zero-order valence-electron chi connectivity index (χ0n) is 16.1. The molecule has 0 heterocycles. The summed E-state index contributed by atoms with van der Waals surface area (Å²) in [6.07, 6.45) is 0.886. The van der Waals surface area contributed by atoms with Crippen molar-refractivity contribution in [2.24, 2.45) is 23.7 Å². The van der Waals surface area contributed by atoms with Crippen LogP contribution in [0.25, 0.3) is 0 Å². The van der Waals surface area contributed by atoms with E-state index >= 15 is 0 Å². The van der Waals surface area contributed by atoms with Crippen LogP contribution in [0.3, 0.4) is 0 Å². The van der Waals surface area contributed by atoms with Gasteiger partial charge in [-0.2, -0.15) is 8.78 Å². The van der Waals surface area contributed by atoms with Gasteiger partial charge in [0.15, 0.2) is 10.1 Å². The molecular weight excluding hydrogens is 791 g/mol. The molecule has 0 spiro atoms. The van der Waals surface area contributed by atoms with E-state index in [-0.39, 0.29) is 29.8 Å². The Labute approximate surface area is 223 Å². The lowest BCUT2D eigenvalue weighted by molar-refractivity contribution is -0.198. The molecule has 0 aromatic heterocycles. The highest BCUT2D eigenvalue weighted by molar-refractivity contribution is 14.1. The van der Waals surface area contributed by atoms with Crippen molar-refractivity contribution >= 4 is 89.8 Å². The zero-order valence-corrected chi connectivity index (χ0v) is 23.4. The summed E-state index contributed by atoms with van der Waals surface area (Å²) < 4.78 is 72.7. The molecule has 0 amide bonds. The maximum absolute atomic E-state index is 13.6. The van der Waals surface area contributed by atoms with Crippen LogP contribution in [-0.2, 0) is 24.4 Å². The van der Waals surface area contributed by atoms with Gasteiger partial charge in [0.25, 0.3) is 0 Å². The fourth-order valence-electron chi connectivity index (χ4n) is 5.35. The summed E-state index contributed by atoms with van der Waals surface area (Å²) in [5.74, 6) is -3.15. The molecule has 4 bridgehead atoms. The Morgan fingerprint density at radius 3 is 1.88 bits per heavy atom. The number of carbonyl (C=O) groups excluding carboxylic acids is 2. The van der Waals surface area contributed by atoms with Crippen LogP contribution < -0.4 is 0 Å². The van der Waals surface area contributed by atoms with Gasteiger partial charge >= 0.3 is 17.2 Å². The van der Waals surface area contributed by atoms with Gasteiger partial charge in [-0.1, -0.05) is 0 Å². The molecule has 13 heteroatoms. The number of esters is 2. The van der Waals surface area contributed by atoms with Gasteiger partial charge in [-0.3, -0.25) is 0 Å². The van der Waals surface area contributed by atoms with Gasteiger partial charge < -0.3 is 14.0 Å².